The maximum absolute atomic E-state index is 12.8. The molecule has 1 aromatic rings. The van der Waals surface area contributed by atoms with Crippen molar-refractivity contribution in [2.24, 2.45) is 0 Å². The average Bonchev–Trinajstić information content (AvgIpc) is 2.83. The van der Waals surface area contributed by atoms with Crippen LogP contribution >= 0.6 is 23.4 Å². The van der Waals surface area contributed by atoms with E-state index in [9.17, 15) is 18.0 Å². The summed E-state index contributed by atoms with van der Waals surface area (Å²) >= 11 is 7.25. The zero-order valence-electron chi connectivity index (χ0n) is 9.55. The van der Waals surface area contributed by atoms with Crippen LogP contribution in [0.5, 0.6) is 0 Å². The van der Waals surface area contributed by atoms with Gasteiger partial charge in [-0.25, -0.2) is 0 Å². The number of benzene rings is 1. The Bertz CT molecular complexity index is 489. The van der Waals surface area contributed by atoms with Crippen molar-refractivity contribution >= 4 is 35.0 Å². The first kappa shape index (κ1) is 14.5. The van der Waals surface area contributed by atoms with Gasteiger partial charge in [0, 0.05) is 11.6 Å². The minimum atomic E-state index is -4.56. The molecule has 2 rings (SSSR count). The Labute approximate surface area is 116 Å². The van der Waals surface area contributed by atoms with E-state index >= 15 is 0 Å². The normalized spacial score (nSPS) is 19.5. The van der Waals surface area contributed by atoms with Crippen LogP contribution in [0.1, 0.15) is 5.56 Å². The van der Waals surface area contributed by atoms with Crippen LogP contribution in [0.2, 0.25) is 5.02 Å². The Kier molecular flexibility index (Phi) is 4.27. The van der Waals surface area contributed by atoms with Crippen molar-refractivity contribution in [3.05, 3.63) is 28.8 Å². The first-order chi connectivity index (χ1) is 8.89. The minimum Gasteiger partial charge on any atom is -0.323 e. The molecule has 1 amide bonds. The summed E-state index contributed by atoms with van der Waals surface area (Å²) in [6.45, 7) is 0. The number of hydrogen-bond acceptors (Lipinski definition) is 3. The molecule has 0 bridgehead atoms. The second-order valence-electron chi connectivity index (χ2n) is 3.92. The van der Waals surface area contributed by atoms with E-state index in [1.54, 1.807) is 0 Å². The summed E-state index contributed by atoms with van der Waals surface area (Å²) < 4.78 is 38.5. The summed E-state index contributed by atoms with van der Waals surface area (Å²) in [7, 11) is 0. The zero-order valence-corrected chi connectivity index (χ0v) is 11.1. The molecule has 19 heavy (non-hydrogen) atoms. The molecule has 0 radical (unpaired) electrons. The molecule has 1 aliphatic rings. The summed E-state index contributed by atoms with van der Waals surface area (Å²) in [4.78, 5) is 11.8. The van der Waals surface area contributed by atoms with E-state index in [2.05, 4.69) is 10.6 Å². The summed E-state index contributed by atoms with van der Waals surface area (Å²) in [6.07, 6.45) is -4.56. The summed E-state index contributed by atoms with van der Waals surface area (Å²) in [5, 5.41) is 5.01. The van der Waals surface area contributed by atoms with Crippen molar-refractivity contribution in [1.82, 2.24) is 5.32 Å². The Morgan fingerprint density at radius 3 is 2.79 bits per heavy atom. The van der Waals surface area contributed by atoms with Gasteiger partial charge in [-0.2, -0.15) is 13.2 Å². The molecular formula is C11H10ClF3N2OS. The lowest BCUT2D eigenvalue weighted by molar-refractivity contribution is -0.137. The highest BCUT2D eigenvalue weighted by Crippen LogP contribution is 2.38. The molecule has 3 nitrogen and oxygen atoms in total. The SMILES string of the molecule is O=C(Nc1c(Cl)cccc1C(F)(F)F)C1CSCN1. The van der Waals surface area contributed by atoms with E-state index in [1.807, 2.05) is 0 Å². The first-order valence-corrected chi connectivity index (χ1v) is 6.90. The summed E-state index contributed by atoms with van der Waals surface area (Å²) in [6, 6.07) is 2.90. The lowest BCUT2D eigenvalue weighted by Crippen LogP contribution is -2.38. The quantitative estimate of drug-likeness (QED) is 0.882. The van der Waals surface area contributed by atoms with Gasteiger partial charge in [-0.3, -0.25) is 10.1 Å². The molecule has 0 aromatic heterocycles. The highest BCUT2D eigenvalue weighted by molar-refractivity contribution is 7.99. The van der Waals surface area contributed by atoms with Gasteiger partial charge >= 0.3 is 6.18 Å². The maximum Gasteiger partial charge on any atom is 0.418 e. The molecule has 1 aromatic carbocycles. The standard InChI is InChI=1S/C11H10ClF3N2OS/c12-7-3-1-2-6(11(13,14)15)9(7)17-10(18)8-4-19-5-16-8/h1-3,8,16H,4-5H2,(H,17,18). The van der Waals surface area contributed by atoms with Crippen LogP contribution < -0.4 is 10.6 Å². The van der Waals surface area contributed by atoms with Gasteiger partial charge in [0.1, 0.15) is 0 Å². The molecular weight excluding hydrogens is 301 g/mol. The van der Waals surface area contributed by atoms with E-state index in [1.165, 1.54) is 23.9 Å². The number of para-hydroxylation sites is 1. The van der Waals surface area contributed by atoms with Crippen LogP contribution in [0.4, 0.5) is 18.9 Å². The van der Waals surface area contributed by atoms with Gasteiger partial charge in [-0.15, -0.1) is 11.8 Å². The van der Waals surface area contributed by atoms with E-state index in [-0.39, 0.29) is 10.7 Å². The topological polar surface area (TPSA) is 41.1 Å². The third kappa shape index (κ3) is 3.34. The Hall–Kier alpha value is -0.920. The third-order valence-corrected chi connectivity index (χ3v) is 3.85. The van der Waals surface area contributed by atoms with Gasteiger partial charge in [0.15, 0.2) is 0 Å². The molecule has 1 aliphatic heterocycles. The molecule has 2 N–H and O–H groups in total. The predicted molar refractivity (Wildman–Crippen MR) is 69.3 cm³/mol. The molecule has 1 atom stereocenters. The average molecular weight is 311 g/mol. The summed E-state index contributed by atoms with van der Waals surface area (Å²) in [5.41, 5.74) is -1.33. The number of hydrogen-bond donors (Lipinski definition) is 2. The fourth-order valence-corrected chi connectivity index (χ4v) is 2.82. The number of halogens is 4. The lowest BCUT2D eigenvalue weighted by Gasteiger charge is -2.17. The number of anilines is 1. The molecule has 0 aliphatic carbocycles. The van der Waals surface area contributed by atoms with E-state index < -0.39 is 23.7 Å². The van der Waals surface area contributed by atoms with Gasteiger partial charge < -0.3 is 5.32 Å². The van der Waals surface area contributed by atoms with Crippen molar-refractivity contribution in [2.45, 2.75) is 12.2 Å². The number of carbonyl (C=O) groups is 1. The predicted octanol–water partition coefficient (Wildman–Crippen LogP) is 2.96. The molecule has 1 unspecified atom stereocenters. The van der Waals surface area contributed by atoms with Crippen LogP contribution in [-0.4, -0.2) is 23.6 Å². The third-order valence-electron chi connectivity index (χ3n) is 2.60. The van der Waals surface area contributed by atoms with Crippen molar-refractivity contribution in [3.8, 4) is 0 Å². The smallest absolute Gasteiger partial charge is 0.323 e. The van der Waals surface area contributed by atoms with Crippen molar-refractivity contribution in [3.63, 3.8) is 0 Å². The highest BCUT2D eigenvalue weighted by atomic mass is 35.5. The van der Waals surface area contributed by atoms with Crippen LogP contribution in [0.15, 0.2) is 18.2 Å². The molecule has 1 saturated heterocycles. The molecule has 0 spiro atoms. The zero-order chi connectivity index (χ0) is 14.0. The molecule has 104 valence electrons. The number of rotatable bonds is 2. The fourth-order valence-electron chi connectivity index (χ4n) is 1.66. The molecule has 1 fully saturated rings. The van der Waals surface area contributed by atoms with Crippen LogP contribution in [-0.2, 0) is 11.0 Å². The maximum atomic E-state index is 12.8. The van der Waals surface area contributed by atoms with E-state index in [0.717, 1.165) is 6.07 Å². The number of carbonyl (C=O) groups excluding carboxylic acids is 1. The first-order valence-electron chi connectivity index (χ1n) is 5.37. The van der Waals surface area contributed by atoms with Gasteiger partial charge in [0.2, 0.25) is 5.91 Å². The second kappa shape index (κ2) is 5.60. The Morgan fingerprint density at radius 2 is 2.21 bits per heavy atom. The van der Waals surface area contributed by atoms with Gasteiger partial charge in [-0.05, 0) is 12.1 Å². The number of alkyl halides is 3. The van der Waals surface area contributed by atoms with E-state index in [0.29, 0.717) is 11.6 Å². The van der Waals surface area contributed by atoms with Gasteiger partial charge in [0.05, 0.1) is 22.3 Å². The van der Waals surface area contributed by atoms with Gasteiger partial charge in [0.25, 0.3) is 0 Å². The lowest BCUT2D eigenvalue weighted by atomic mass is 10.1. The highest BCUT2D eigenvalue weighted by Gasteiger charge is 2.35. The Balaban J connectivity index is 2.26. The fraction of sp³-hybridized carbons (Fsp3) is 0.364. The van der Waals surface area contributed by atoms with Crippen molar-refractivity contribution < 1.29 is 18.0 Å². The minimum absolute atomic E-state index is 0.131. The monoisotopic (exact) mass is 310 g/mol. The number of thioether (sulfide) groups is 1. The molecule has 8 heteroatoms. The largest absolute Gasteiger partial charge is 0.418 e. The van der Waals surface area contributed by atoms with E-state index in [4.69, 9.17) is 11.6 Å². The van der Waals surface area contributed by atoms with Crippen LogP contribution in [0, 0.1) is 0 Å². The van der Waals surface area contributed by atoms with Crippen molar-refractivity contribution in [1.29, 1.82) is 0 Å². The van der Waals surface area contributed by atoms with Crippen LogP contribution in [0.25, 0.3) is 0 Å². The number of amides is 1. The molecule has 1 heterocycles. The molecule has 0 saturated carbocycles. The summed E-state index contributed by atoms with van der Waals surface area (Å²) in [5.74, 6) is 0.619. The second-order valence-corrected chi connectivity index (χ2v) is 5.36. The van der Waals surface area contributed by atoms with Crippen LogP contribution in [0.3, 0.4) is 0 Å². The Morgan fingerprint density at radius 1 is 1.47 bits per heavy atom. The van der Waals surface area contributed by atoms with Crippen molar-refractivity contribution in [2.75, 3.05) is 16.9 Å². The van der Waals surface area contributed by atoms with Gasteiger partial charge in [-0.1, -0.05) is 17.7 Å². The number of nitrogens with one attached hydrogen (secondary N) is 2.